The molecule has 5 rings (SSSR count). The van der Waals surface area contributed by atoms with Crippen LogP contribution < -0.4 is 10.2 Å². The third kappa shape index (κ3) is 7.70. The highest BCUT2D eigenvalue weighted by molar-refractivity contribution is 6.05. The lowest BCUT2D eigenvalue weighted by Gasteiger charge is -2.41. The molecule has 3 amide bonds. The molecule has 3 heterocycles. The van der Waals surface area contributed by atoms with Crippen LogP contribution in [0, 0.1) is 31.6 Å². The molecule has 3 saturated heterocycles. The summed E-state index contributed by atoms with van der Waals surface area (Å²) in [5, 5.41) is 13.8. The first kappa shape index (κ1) is 39.9. The molecule has 286 valence electrons. The van der Waals surface area contributed by atoms with E-state index >= 15 is 4.79 Å². The number of aliphatic hydroxyl groups is 1. The monoisotopic (exact) mass is 729 g/mol. The van der Waals surface area contributed by atoms with Crippen molar-refractivity contribution in [3.8, 4) is 0 Å². The van der Waals surface area contributed by atoms with Crippen molar-refractivity contribution in [2.75, 3.05) is 31.8 Å². The molecule has 1 spiro atoms. The quantitative estimate of drug-likeness (QED) is 0.162. The third-order valence-corrected chi connectivity index (χ3v) is 11.3. The van der Waals surface area contributed by atoms with E-state index in [0.717, 1.165) is 11.1 Å². The second-order valence-electron chi connectivity index (χ2n) is 14.7. The number of hydrogen-bond donors (Lipinski definition) is 2. The van der Waals surface area contributed by atoms with Gasteiger partial charge in [-0.05, 0) is 61.8 Å². The summed E-state index contributed by atoms with van der Waals surface area (Å²) in [5.41, 5.74) is 1.86. The number of nitrogens with one attached hydrogen (secondary N) is 1. The van der Waals surface area contributed by atoms with Crippen molar-refractivity contribution in [2.24, 2.45) is 17.8 Å². The summed E-state index contributed by atoms with van der Waals surface area (Å²) in [6.07, 6.45) is 3.84. The van der Waals surface area contributed by atoms with Crippen LogP contribution in [-0.4, -0.2) is 90.4 Å². The zero-order chi connectivity index (χ0) is 38.4. The molecule has 2 aromatic rings. The number of carbonyl (C=O) groups is 4. The minimum Gasteiger partial charge on any atom is -0.455 e. The molecular weight excluding hydrogens is 674 g/mol. The summed E-state index contributed by atoms with van der Waals surface area (Å²) in [4.78, 5) is 60.8. The van der Waals surface area contributed by atoms with E-state index in [2.05, 4.69) is 18.5 Å². The number of methoxy groups -OCH3 is 1. The molecule has 0 aromatic heterocycles. The number of amides is 3. The third-order valence-electron chi connectivity index (χ3n) is 11.3. The van der Waals surface area contributed by atoms with Crippen molar-refractivity contribution < 1.29 is 38.5 Å². The summed E-state index contributed by atoms with van der Waals surface area (Å²) in [5.74, 6) is -3.87. The smallest absolute Gasteiger partial charge is 0.313 e. The van der Waals surface area contributed by atoms with E-state index in [1.807, 2.05) is 76.2 Å². The lowest BCUT2D eigenvalue weighted by molar-refractivity contribution is -0.163. The maximum atomic E-state index is 15.1. The van der Waals surface area contributed by atoms with Gasteiger partial charge >= 0.3 is 5.97 Å². The van der Waals surface area contributed by atoms with Gasteiger partial charge in [-0.15, -0.1) is 13.2 Å². The predicted molar refractivity (Wildman–Crippen MR) is 202 cm³/mol. The number of allylic oxidation sites excluding steroid dienone is 1. The van der Waals surface area contributed by atoms with Gasteiger partial charge in [-0.2, -0.15) is 0 Å². The van der Waals surface area contributed by atoms with Crippen LogP contribution in [0.3, 0.4) is 0 Å². The molecular formula is C42H55N3O8. The summed E-state index contributed by atoms with van der Waals surface area (Å²) in [7, 11) is 1.51. The fourth-order valence-electron chi connectivity index (χ4n) is 8.53. The highest BCUT2D eigenvalue weighted by atomic mass is 16.6. The minimum atomic E-state index is -1.33. The van der Waals surface area contributed by atoms with E-state index in [0.29, 0.717) is 36.9 Å². The van der Waals surface area contributed by atoms with Crippen molar-refractivity contribution in [2.45, 2.75) is 95.7 Å². The van der Waals surface area contributed by atoms with Gasteiger partial charge in [0.25, 0.3) is 5.91 Å². The Kier molecular flexibility index (Phi) is 13.0. The number of anilines is 1. The van der Waals surface area contributed by atoms with Crippen LogP contribution in [0.25, 0.3) is 0 Å². The summed E-state index contributed by atoms with van der Waals surface area (Å²) in [6, 6.07) is 12.4. The van der Waals surface area contributed by atoms with E-state index < -0.39 is 59.6 Å². The molecule has 0 saturated carbocycles. The molecule has 3 aliphatic heterocycles. The molecule has 2 bridgehead atoms. The molecule has 9 atom stereocenters. The van der Waals surface area contributed by atoms with E-state index in [1.54, 1.807) is 17.1 Å². The van der Waals surface area contributed by atoms with Crippen LogP contribution in [0.2, 0.25) is 0 Å². The molecule has 0 unspecified atom stereocenters. The number of carbonyl (C=O) groups excluding carboxylic acids is 4. The highest BCUT2D eigenvalue weighted by Crippen LogP contribution is 2.60. The van der Waals surface area contributed by atoms with Crippen LogP contribution in [-0.2, 0) is 33.4 Å². The van der Waals surface area contributed by atoms with E-state index in [4.69, 9.17) is 14.2 Å². The Morgan fingerprint density at radius 3 is 2.53 bits per heavy atom. The maximum Gasteiger partial charge on any atom is 0.313 e. The number of aryl methyl sites for hydroxylation is 2. The molecule has 11 nitrogen and oxygen atoms in total. The highest BCUT2D eigenvalue weighted by Gasteiger charge is 2.76. The molecule has 0 radical (unpaired) electrons. The Labute approximate surface area is 313 Å². The second kappa shape index (κ2) is 17.2. The lowest BCUT2D eigenvalue weighted by atomic mass is 9.70. The fraction of sp³-hybridized carbons (Fsp3) is 0.524. The Hall–Kier alpha value is -4.32. The average molecular weight is 730 g/mol. The average Bonchev–Trinajstić information content (AvgIpc) is 3.80. The summed E-state index contributed by atoms with van der Waals surface area (Å²) < 4.78 is 18.6. The first-order valence-electron chi connectivity index (χ1n) is 18.7. The number of fused-ring (bicyclic) bond motifs is 1. The van der Waals surface area contributed by atoms with Gasteiger partial charge in [0.1, 0.15) is 17.7 Å². The van der Waals surface area contributed by atoms with E-state index in [9.17, 15) is 19.5 Å². The van der Waals surface area contributed by atoms with Crippen molar-refractivity contribution in [1.29, 1.82) is 0 Å². The number of rotatable bonds is 18. The Morgan fingerprint density at radius 1 is 1.15 bits per heavy atom. The van der Waals surface area contributed by atoms with Crippen molar-refractivity contribution >= 4 is 29.4 Å². The normalized spacial score (nSPS) is 25.2. The first-order valence-corrected chi connectivity index (χ1v) is 18.7. The maximum absolute atomic E-state index is 15.1. The first-order chi connectivity index (χ1) is 25.5. The number of esters is 1. The predicted octanol–water partition coefficient (Wildman–Crippen LogP) is 4.99. The molecule has 3 aliphatic rings. The standard InChI is InChI=1S/C42H55N3O8/c1-8-11-17-34(47)43-30(25-51-7)37(29-15-13-12-14-16-29)52-41(50)35-33-20-21-42(53-33)36(35)39(48)45(32(24-46)27(5)10-3)38(42)40(49)44(22-9-2)31-23-26(4)18-19-28(31)6/h8-9,12-16,18-19,23,27,30,32-33,35-38,46H,1-2,10-11,17,20-22,24-25H2,3-7H3,(H,43,47)/t27-,30-,32-,33+,35-,36-,37-,38+,42-/m0/s1. The topological polar surface area (TPSA) is 135 Å². The number of benzene rings is 2. The Morgan fingerprint density at radius 2 is 1.89 bits per heavy atom. The molecule has 2 N–H and O–H groups in total. The Balaban J connectivity index is 1.56. The van der Waals surface area contributed by atoms with Gasteiger partial charge in [-0.3, -0.25) is 19.2 Å². The summed E-state index contributed by atoms with van der Waals surface area (Å²) >= 11 is 0. The molecule has 3 fully saturated rings. The second-order valence-corrected chi connectivity index (χ2v) is 14.7. The van der Waals surface area contributed by atoms with Gasteiger partial charge in [0, 0.05) is 25.8 Å². The van der Waals surface area contributed by atoms with E-state index in [1.165, 1.54) is 12.0 Å². The largest absolute Gasteiger partial charge is 0.455 e. The van der Waals surface area contributed by atoms with Gasteiger partial charge < -0.3 is 34.4 Å². The Bertz CT molecular complexity index is 1660. The number of nitrogens with zero attached hydrogens (tertiary/aromatic N) is 2. The SMILES string of the molecule is C=CCCC(=O)N[C@@H](COC)[C@@H](OC(=O)[C@@H]1[C@H]2C(=O)N([C@@H](CO)[C@@H](C)CC)[C@H](C(=O)N(CC=C)c3cc(C)ccc3C)[C@]23CC[C@H]1O3)c1ccccc1. The summed E-state index contributed by atoms with van der Waals surface area (Å²) in [6.45, 7) is 15.3. The molecule has 11 heteroatoms. The minimum absolute atomic E-state index is 0.0541. The van der Waals surface area contributed by atoms with Gasteiger partial charge in [-0.1, -0.05) is 74.9 Å². The zero-order valence-corrected chi connectivity index (χ0v) is 31.7. The number of hydrogen-bond acceptors (Lipinski definition) is 8. The van der Waals surface area contributed by atoms with Crippen molar-refractivity contribution in [3.05, 3.63) is 90.5 Å². The van der Waals surface area contributed by atoms with Crippen LogP contribution in [0.4, 0.5) is 5.69 Å². The van der Waals surface area contributed by atoms with Crippen LogP contribution in [0.1, 0.15) is 68.7 Å². The van der Waals surface area contributed by atoms with Crippen LogP contribution >= 0.6 is 0 Å². The number of aliphatic hydroxyl groups excluding tert-OH is 1. The van der Waals surface area contributed by atoms with Crippen molar-refractivity contribution in [3.63, 3.8) is 0 Å². The van der Waals surface area contributed by atoms with Gasteiger partial charge in [0.2, 0.25) is 11.8 Å². The van der Waals surface area contributed by atoms with Gasteiger partial charge in [-0.25, -0.2) is 0 Å². The fourth-order valence-corrected chi connectivity index (χ4v) is 8.53. The molecule has 2 aromatic carbocycles. The van der Waals surface area contributed by atoms with E-state index in [-0.39, 0.29) is 43.9 Å². The number of ether oxygens (including phenoxy) is 3. The van der Waals surface area contributed by atoms with Gasteiger partial charge in [0.05, 0.1) is 43.2 Å². The van der Waals surface area contributed by atoms with Crippen molar-refractivity contribution in [1.82, 2.24) is 10.2 Å². The molecule has 0 aliphatic carbocycles. The zero-order valence-electron chi connectivity index (χ0n) is 31.7. The molecule has 53 heavy (non-hydrogen) atoms. The van der Waals surface area contributed by atoms with Crippen LogP contribution in [0.15, 0.2) is 73.8 Å². The lowest BCUT2D eigenvalue weighted by Crippen LogP contribution is -2.60. The number of likely N-dealkylation sites (tertiary alicyclic amines) is 1. The van der Waals surface area contributed by atoms with Gasteiger partial charge in [0.15, 0.2) is 0 Å². The van der Waals surface area contributed by atoms with Crippen LogP contribution in [0.5, 0.6) is 0 Å².